The topological polar surface area (TPSA) is 101 Å². The minimum Gasteiger partial charge on any atom is -0.298 e. The number of carbonyl (C=O) groups excluding carboxylic acids is 1. The molecule has 0 saturated heterocycles. The van der Waals surface area contributed by atoms with E-state index in [1.54, 1.807) is 23.8 Å². The van der Waals surface area contributed by atoms with Gasteiger partial charge in [-0.2, -0.15) is 0 Å². The fraction of sp³-hybridized carbons (Fsp3) is 0. The van der Waals surface area contributed by atoms with Crippen LogP contribution in [0.1, 0.15) is 10.4 Å². The number of amides is 1. The summed E-state index contributed by atoms with van der Waals surface area (Å²) in [5, 5.41) is 4.70. The van der Waals surface area contributed by atoms with E-state index in [1.165, 1.54) is 41.7 Å². The van der Waals surface area contributed by atoms with E-state index in [0.29, 0.717) is 10.8 Å². The van der Waals surface area contributed by atoms with Gasteiger partial charge in [-0.05, 0) is 54.6 Å². The van der Waals surface area contributed by atoms with Crippen molar-refractivity contribution in [3.05, 3.63) is 88.8 Å². The van der Waals surface area contributed by atoms with Crippen molar-refractivity contribution in [1.29, 1.82) is 0 Å². The van der Waals surface area contributed by atoms with Gasteiger partial charge in [-0.1, -0.05) is 11.6 Å². The molecule has 7 nitrogen and oxygen atoms in total. The molecule has 0 fully saturated rings. The predicted octanol–water partition coefficient (Wildman–Crippen LogP) is 5.05. The number of aromatic nitrogens is 2. The first-order chi connectivity index (χ1) is 15.3. The minimum absolute atomic E-state index is 0.0655. The highest BCUT2D eigenvalue weighted by Gasteiger charge is 2.21. The van der Waals surface area contributed by atoms with Crippen molar-refractivity contribution in [3.8, 4) is 11.3 Å². The number of carbonyl (C=O) groups is 1. The molecule has 2 heterocycles. The monoisotopic (exact) mass is 488 g/mol. The van der Waals surface area contributed by atoms with E-state index in [4.69, 9.17) is 11.6 Å². The number of hydrogen-bond donors (Lipinski definition) is 2. The average molecular weight is 489 g/mol. The molecule has 1 amide bonds. The molecule has 0 aliphatic carbocycles. The second-order valence-electron chi connectivity index (χ2n) is 6.49. The normalized spacial score (nSPS) is 11.2. The number of thiazole rings is 1. The molecule has 0 radical (unpaired) electrons. The van der Waals surface area contributed by atoms with Gasteiger partial charge < -0.3 is 0 Å². The maximum atomic E-state index is 13.1. The zero-order valence-corrected chi connectivity index (χ0v) is 18.5. The Morgan fingerprint density at radius 3 is 2.59 bits per heavy atom. The molecule has 0 bridgehead atoms. The van der Waals surface area contributed by atoms with Crippen LogP contribution in [0.3, 0.4) is 0 Å². The van der Waals surface area contributed by atoms with Crippen LogP contribution in [0.15, 0.2) is 77.3 Å². The third-order valence-corrected chi connectivity index (χ3v) is 6.88. The number of sulfonamides is 1. The maximum Gasteiger partial charge on any atom is 0.263 e. The van der Waals surface area contributed by atoms with Crippen molar-refractivity contribution in [1.82, 2.24) is 9.97 Å². The molecule has 0 unspecified atom stereocenters. The van der Waals surface area contributed by atoms with Gasteiger partial charge >= 0.3 is 0 Å². The lowest BCUT2D eigenvalue weighted by atomic mass is 10.2. The van der Waals surface area contributed by atoms with Crippen LogP contribution in [0.5, 0.6) is 0 Å². The summed E-state index contributed by atoms with van der Waals surface area (Å²) >= 11 is 7.31. The number of nitrogens with zero attached hydrogens (tertiary/aromatic N) is 2. The highest BCUT2D eigenvalue weighted by molar-refractivity contribution is 7.92. The van der Waals surface area contributed by atoms with Crippen molar-refractivity contribution in [3.63, 3.8) is 0 Å². The van der Waals surface area contributed by atoms with Gasteiger partial charge in [-0.25, -0.2) is 17.8 Å². The second kappa shape index (κ2) is 9.03. The molecule has 0 aliphatic heterocycles. The Kier molecular flexibility index (Phi) is 6.17. The Morgan fingerprint density at radius 2 is 1.88 bits per heavy atom. The van der Waals surface area contributed by atoms with Crippen molar-refractivity contribution in [2.24, 2.45) is 0 Å². The van der Waals surface area contributed by atoms with Crippen LogP contribution < -0.4 is 10.0 Å². The lowest BCUT2D eigenvalue weighted by molar-refractivity contribution is 0.102. The maximum absolute atomic E-state index is 13.1. The molecule has 0 spiro atoms. The predicted molar refractivity (Wildman–Crippen MR) is 122 cm³/mol. The third kappa shape index (κ3) is 4.93. The molecule has 0 aliphatic rings. The van der Waals surface area contributed by atoms with Crippen molar-refractivity contribution >= 4 is 49.7 Å². The van der Waals surface area contributed by atoms with Crippen LogP contribution in [0.4, 0.5) is 15.2 Å². The lowest BCUT2D eigenvalue weighted by Gasteiger charge is -2.11. The van der Waals surface area contributed by atoms with Crippen LogP contribution in [0.25, 0.3) is 11.3 Å². The van der Waals surface area contributed by atoms with Gasteiger partial charge in [0, 0.05) is 34.6 Å². The quantitative estimate of drug-likeness (QED) is 0.395. The van der Waals surface area contributed by atoms with Crippen LogP contribution in [-0.2, 0) is 10.0 Å². The fourth-order valence-electron chi connectivity index (χ4n) is 2.73. The number of nitrogens with one attached hydrogen (secondary N) is 2. The van der Waals surface area contributed by atoms with E-state index in [2.05, 4.69) is 20.0 Å². The molecule has 0 atom stereocenters. The summed E-state index contributed by atoms with van der Waals surface area (Å²) in [5.41, 5.74) is 1.69. The van der Waals surface area contributed by atoms with Gasteiger partial charge in [0.1, 0.15) is 10.7 Å². The SMILES string of the molecule is O=C(Nc1nc(-c2cccnc2)cs1)c1ccc(Cl)c(S(=O)(=O)Nc2ccc(F)cc2)c1. The van der Waals surface area contributed by atoms with E-state index >= 15 is 0 Å². The van der Waals surface area contributed by atoms with Crippen LogP contribution in [0, 0.1) is 5.82 Å². The number of halogens is 2. The first-order valence-electron chi connectivity index (χ1n) is 9.07. The molecule has 2 aromatic heterocycles. The van der Waals surface area contributed by atoms with Crippen molar-refractivity contribution in [2.45, 2.75) is 4.90 Å². The molecule has 32 heavy (non-hydrogen) atoms. The first kappa shape index (κ1) is 21.9. The van der Waals surface area contributed by atoms with Crippen LogP contribution >= 0.6 is 22.9 Å². The number of pyridine rings is 1. The Hall–Kier alpha value is -3.34. The molecule has 162 valence electrons. The summed E-state index contributed by atoms with van der Waals surface area (Å²) in [6, 6.07) is 12.3. The van der Waals surface area contributed by atoms with Gasteiger partial charge in [0.2, 0.25) is 0 Å². The summed E-state index contributed by atoms with van der Waals surface area (Å²) in [6.07, 6.45) is 3.31. The Morgan fingerprint density at radius 1 is 1.09 bits per heavy atom. The minimum atomic E-state index is -4.12. The molecular formula is C21H14ClFN4O3S2. The second-order valence-corrected chi connectivity index (χ2v) is 9.41. The zero-order valence-electron chi connectivity index (χ0n) is 16.1. The molecule has 2 aromatic carbocycles. The molecule has 0 saturated carbocycles. The molecule has 2 N–H and O–H groups in total. The van der Waals surface area contributed by atoms with E-state index in [1.807, 2.05) is 6.07 Å². The molecule has 4 rings (SSSR count). The molecule has 11 heteroatoms. The number of anilines is 2. The summed E-state index contributed by atoms with van der Waals surface area (Å²) in [7, 11) is -4.12. The summed E-state index contributed by atoms with van der Waals surface area (Å²) in [5.74, 6) is -1.05. The van der Waals surface area contributed by atoms with Gasteiger partial charge in [0.05, 0.1) is 10.7 Å². The number of benzene rings is 2. The Bertz CT molecular complexity index is 1380. The van der Waals surface area contributed by atoms with E-state index < -0.39 is 21.7 Å². The average Bonchev–Trinajstić information content (AvgIpc) is 3.24. The van der Waals surface area contributed by atoms with Crippen molar-refractivity contribution in [2.75, 3.05) is 10.0 Å². The molecule has 4 aromatic rings. The summed E-state index contributed by atoms with van der Waals surface area (Å²) in [4.78, 5) is 20.8. The van der Waals surface area contributed by atoms with E-state index in [0.717, 1.165) is 17.7 Å². The smallest absolute Gasteiger partial charge is 0.263 e. The van der Waals surface area contributed by atoms with Crippen LogP contribution in [-0.4, -0.2) is 24.3 Å². The summed E-state index contributed by atoms with van der Waals surface area (Å²) < 4.78 is 40.9. The summed E-state index contributed by atoms with van der Waals surface area (Å²) in [6.45, 7) is 0. The van der Waals surface area contributed by atoms with Gasteiger partial charge in [-0.15, -0.1) is 11.3 Å². The zero-order chi connectivity index (χ0) is 22.7. The highest BCUT2D eigenvalue weighted by Crippen LogP contribution is 2.27. The largest absolute Gasteiger partial charge is 0.298 e. The third-order valence-electron chi connectivity index (χ3n) is 4.26. The van der Waals surface area contributed by atoms with Gasteiger partial charge in [0.25, 0.3) is 15.9 Å². The van der Waals surface area contributed by atoms with Gasteiger partial charge in [0.15, 0.2) is 5.13 Å². The van der Waals surface area contributed by atoms with Gasteiger partial charge in [-0.3, -0.25) is 19.8 Å². The van der Waals surface area contributed by atoms with Crippen LogP contribution in [0.2, 0.25) is 5.02 Å². The number of rotatable bonds is 6. The number of hydrogen-bond acceptors (Lipinski definition) is 6. The molecular weight excluding hydrogens is 475 g/mol. The Labute approximate surface area is 192 Å². The lowest BCUT2D eigenvalue weighted by Crippen LogP contribution is -2.16. The highest BCUT2D eigenvalue weighted by atomic mass is 35.5. The Balaban J connectivity index is 1.55. The van der Waals surface area contributed by atoms with E-state index in [-0.39, 0.29) is 21.2 Å². The van der Waals surface area contributed by atoms with E-state index in [9.17, 15) is 17.6 Å². The van der Waals surface area contributed by atoms with Crippen molar-refractivity contribution < 1.29 is 17.6 Å². The first-order valence-corrected chi connectivity index (χ1v) is 11.8. The standard InChI is InChI=1S/C21H14ClFN4O3S2/c22-17-8-3-13(10-19(17)32(29,30)27-16-6-4-15(23)5-7-16)20(28)26-21-25-18(12-31-21)14-2-1-9-24-11-14/h1-12,27H,(H,25,26,28). The fourth-order valence-corrected chi connectivity index (χ4v) is 5.03.